The minimum absolute atomic E-state index is 0.0566. The summed E-state index contributed by atoms with van der Waals surface area (Å²) in [6, 6.07) is 14.4. The van der Waals surface area contributed by atoms with Gasteiger partial charge >= 0.3 is 0 Å². The number of nitrogens with two attached hydrogens (primary N) is 1. The van der Waals surface area contributed by atoms with E-state index in [2.05, 4.69) is 58.0 Å². The molecule has 24 heavy (non-hydrogen) atoms. The van der Waals surface area contributed by atoms with Crippen LogP contribution in [0.15, 0.2) is 42.5 Å². The molecule has 0 aliphatic rings. The second-order valence-corrected chi connectivity index (χ2v) is 7.08. The Kier molecular flexibility index (Phi) is 6.27. The number of benzene rings is 2. The van der Waals surface area contributed by atoms with Crippen LogP contribution in [-0.2, 0) is 11.8 Å². The first-order valence-corrected chi connectivity index (χ1v) is 8.56. The van der Waals surface area contributed by atoms with Crippen LogP contribution in [0.4, 0.5) is 0 Å². The highest BCUT2D eigenvalue weighted by atomic mass is 16.5. The first-order valence-electron chi connectivity index (χ1n) is 8.56. The summed E-state index contributed by atoms with van der Waals surface area (Å²) in [6.45, 7) is 10.4. The van der Waals surface area contributed by atoms with Crippen molar-refractivity contribution in [2.75, 3.05) is 19.8 Å². The molecule has 0 radical (unpaired) electrons. The van der Waals surface area contributed by atoms with Crippen LogP contribution in [0.25, 0.3) is 0 Å². The van der Waals surface area contributed by atoms with Crippen molar-refractivity contribution < 1.29 is 9.47 Å². The van der Waals surface area contributed by atoms with Crippen LogP contribution < -0.4 is 15.2 Å². The van der Waals surface area contributed by atoms with Gasteiger partial charge in [0, 0.05) is 0 Å². The fourth-order valence-electron chi connectivity index (χ4n) is 2.66. The Morgan fingerprint density at radius 3 is 2.21 bits per heavy atom. The fourth-order valence-corrected chi connectivity index (χ4v) is 2.66. The Labute approximate surface area is 145 Å². The summed E-state index contributed by atoms with van der Waals surface area (Å²) in [6.07, 6.45) is 0.895. The van der Waals surface area contributed by atoms with E-state index >= 15 is 0 Å². The molecule has 0 aliphatic heterocycles. The summed E-state index contributed by atoms with van der Waals surface area (Å²) in [5, 5.41) is 0. The minimum atomic E-state index is 0.0566. The molecule has 0 saturated heterocycles. The predicted octanol–water partition coefficient (Wildman–Crippen LogP) is 4.25. The Morgan fingerprint density at radius 2 is 1.58 bits per heavy atom. The van der Waals surface area contributed by atoms with Gasteiger partial charge in [0.25, 0.3) is 0 Å². The van der Waals surface area contributed by atoms with E-state index in [4.69, 9.17) is 15.2 Å². The Morgan fingerprint density at radius 1 is 0.917 bits per heavy atom. The molecule has 0 aromatic heterocycles. The molecular weight excluding hydrogens is 298 g/mol. The van der Waals surface area contributed by atoms with Gasteiger partial charge in [0.05, 0.1) is 0 Å². The van der Waals surface area contributed by atoms with E-state index < -0.39 is 0 Å². The van der Waals surface area contributed by atoms with E-state index in [9.17, 15) is 0 Å². The third-order valence-corrected chi connectivity index (χ3v) is 3.97. The van der Waals surface area contributed by atoms with Gasteiger partial charge in [0.1, 0.15) is 24.7 Å². The monoisotopic (exact) mass is 327 g/mol. The van der Waals surface area contributed by atoms with Crippen molar-refractivity contribution in [3.05, 3.63) is 59.2 Å². The molecule has 2 aromatic rings. The van der Waals surface area contributed by atoms with Crippen LogP contribution in [0.1, 0.15) is 37.5 Å². The quantitative estimate of drug-likeness (QED) is 0.773. The molecule has 0 saturated carbocycles. The largest absolute Gasteiger partial charge is 0.490 e. The van der Waals surface area contributed by atoms with Gasteiger partial charge in [-0.2, -0.15) is 0 Å². The number of ether oxygens (including phenoxy) is 2. The van der Waals surface area contributed by atoms with Crippen LogP contribution in [0, 0.1) is 6.92 Å². The van der Waals surface area contributed by atoms with Crippen molar-refractivity contribution in [1.29, 1.82) is 0 Å². The van der Waals surface area contributed by atoms with E-state index in [-0.39, 0.29) is 5.41 Å². The highest BCUT2D eigenvalue weighted by molar-refractivity contribution is 5.44. The summed E-state index contributed by atoms with van der Waals surface area (Å²) in [4.78, 5) is 0. The van der Waals surface area contributed by atoms with E-state index in [1.54, 1.807) is 0 Å². The second-order valence-electron chi connectivity index (χ2n) is 7.08. The third-order valence-electron chi connectivity index (χ3n) is 3.97. The molecule has 2 N–H and O–H groups in total. The molecule has 0 unspecified atom stereocenters. The van der Waals surface area contributed by atoms with E-state index in [1.165, 1.54) is 11.1 Å². The van der Waals surface area contributed by atoms with Crippen molar-refractivity contribution in [3.63, 3.8) is 0 Å². The van der Waals surface area contributed by atoms with Gasteiger partial charge in [-0.15, -0.1) is 0 Å². The maximum atomic E-state index is 6.04. The summed E-state index contributed by atoms with van der Waals surface area (Å²) in [7, 11) is 0. The molecule has 2 rings (SSSR count). The first kappa shape index (κ1) is 18.3. The van der Waals surface area contributed by atoms with Gasteiger partial charge in [-0.25, -0.2) is 0 Å². The zero-order chi connectivity index (χ0) is 17.6. The smallest absolute Gasteiger partial charge is 0.126 e. The van der Waals surface area contributed by atoms with Gasteiger partial charge < -0.3 is 15.2 Å². The molecule has 0 atom stereocenters. The van der Waals surface area contributed by atoms with Gasteiger partial charge in [-0.3, -0.25) is 0 Å². The number of rotatable bonds is 7. The summed E-state index contributed by atoms with van der Waals surface area (Å²) in [5.74, 6) is 1.84. The average molecular weight is 327 g/mol. The zero-order valence-electron chi connectivity index (χ0n) is 15.3. The summed E-state index contributed by atoms with van der Waals surface area (Å²) < 4.78 is 11.8. The Hall–Kier alpha value is -2.00. The lowest BCUT2D eigenvalue weighted by molar-refractivity contribution is 0.213. The first-order chi connectivity index (χ1) is 11.4. The standard InChI is InChI=1S/C21H29NO2/c1-16-6-5-7-19(21(2,3)4)20(16)24-15-14-23-18-10-8-17(9-11-18)12-13-22/h5-11H,12-15,22H2,1-4H3. The minimum Gasteiger partial charge on any atom is -0.490 e. The lowest BCUT2D eigenvalue weighted by Gasteiger charge is -2.24. The zero-order valence-corrected chi connectivity index (χ0v) is 15.3. The van der Waals surface area contributed by atoms with Crippen LogP contribution >= 0.6 is 0 Å². The summed E-state index contributed by atoms with van der Waals surface area (Å²) >= 11 is 0. The number of para-hydroxylation sites is 1. The molecule has 0 amide bonds. The van der Waals surface area contributed by atoms with Crippen LogP contribution in [-0.4, -0.2) is 19.8 Å². The number of aryl methyl sites for hydroxylation is 1. The number of hydrogen-bond acceptors (Lipinski definition) is 3. The number of hydrogen-bond donors (Lipinski definition) is 1. The van der Waals surface area contributed by atoms with Gasteiger partial charge in [0.2, 0.25) is 0 Å². The molecule has 130 valence electrons. The van der Waals surface area contributed by atoms with Crippen LogP contribution in [0.2, 0.25) is 0 Å². The van der Waals surface area contributed by atoms with E-state index in [0.29, 0.717) is 19.8 Å². The van der Waals surface area contributed by atoms with Gasteiger partial charge in [-0.1, -0.05) is 51.1 Å². The maximum Gasteiger partial charge on any atom is 0.126 e. The molecule has 2 aromatic carbocycles. The normalized spacial score (nSPS) is 11.4. The molecule has 0 fully saturated rings. The van der Waals surface area contributed by atoms with Crippen molar-refractivity contribution in [1.82, 2.24) is 0 Å². The molecule has 0 bridgehead atoms. The Balaban J connectivity index is 1.91. The Bertz CT molecular complexity index is 642. The molecule has 0 spiro atoms. The highest BCUT2D eigenvalue weighted by Crippen LogP contribution is 2.33. The fraction of sp³-hybridized carbons (Fsp3) is 0.429. The molecule has 3 heteroatoms. The molecular formula is C21H29NO2. The van der Waals surface area contributed by atoms with Crippen LogP contribution in [0.5, 0.6) is 11.5 Å². The predicted molar refractivity (Wildman–Crippen MR) is 100 cm³/mol. The lowest BCUT2D eigenvalue weighted by Crippen LogP contribution is -2.16. The topological polar surface area (TPSA) is 44.5 Å². The van der Waals surface area contributed by atoms with Gasteiger partial charge in [-0.05, 0) is 54.1 Å². The van der Waals surface area contributed by atoms with Crippen molar-refractivity contribution in [3.8, 4) is 11.5 Å². The summed E-state index contributed by atoms with van der Waals surface area (Å²) in [5.41, 5.74) is 9.24. The average Bonchev–Trinajstić information content (AvgIpc) is 2.53. The molecule has 0 aliphatic carbocycles. The van der Waals surface area contributed by atoms with Crippen molar-refractivity contribution >= 4 is 0 Å². The second kappa shape index (κ2) is 8.20. The van der Waals surface area contributed by atoms with Gasteiger partial charge in [0.15, 0.2) is 0 Å². The van der Waals surface area contributed by atoms with Crippen LogP contribution in [0.3, 0.4) is 0 Å². The third kappa shape index (κ3) is 5.00. The maximum absolute atomic E-state index is 6.04. The lowest BCUT2D eigenvalue weighted by atomic mass is 9.85. The highest BCUT2D eigenvalue weighted by Gasteiger charge is 2.20. The molecule has 0 heterocycles. The van der Waals surface area contributed by atoms with E-state index in [0.717, 1.165) is 23.5 Å². The van der Waals surface area contributed by atoms with Crippen molar-refractivity contribution in [2.24, 2.45) is 5.73 Å². The SMILES string of the molecule is Cc1cccc(C(C)(C)C)c1OCCOc1ccc(CCN)cc1. The van der Waals surface area contributed by atoms with Crippen molar-refractivity contribution in [2.45, 2.75) is 39.5 Å². The van der Waals surface area contributed by atoms with E-state index in [1.807, 2.05) is 12.1 Å². The molecule has 3 nitrogen and oxygen atoms in total.